The number of amides is 1. The molecular formula is C22H18N2O7S2. The van der Waals surface area contributed by atoms with Crippen molar-refractivity contribution in [3.63, 3.8) is 0 Å². The summed E-state index contributed by atoms with van der Waals surface area (Å²) >= 11 is 2.62. The molecule has 0 radical (unpaired) electrons. The van der Waals surface area contributed by atoms with Gasteiger partial charge in [-0.05, 0) is 30.0 Å². The van der Waals surface area contributed by atoms with Crippen molar-refractivity contribution in [3.05, 3.63) is 74.5 Å². The van der Waals surface area contributed by atoms with Crippen LogP contribution in [0.5, 0.6) is 0 Å². The van der Waals surface area contributed by atoms with Crippen LogP contribution in [0, 0.1) is 10.1 Å². The van der Waals surface area contributed by atoms with E-state index in [1.165, 1.54) is 46.9 Å². The van der Waals surface area contributed by atoms with Crippen molar-refractivity contribution in [2.75, 3.05) is 18.5 Å². The third kappa shape index (κ3) is 6.34. The molecule has 170 valence electrons. The predicted octanol–water partition coefficient (Wildman–Crippen LogP) is 4.76. The van der Waals surface area contributed by atoms with Crippen LogP contribution in [0.1, 0.15) is 22.8 Å². The number of benzene rings is 1. The first-order valence-corrected chi connectivity index (χ1v) is 11.4. The maximum atomic E-state index is 12.5. The van der Waals surface area contributed by atoms with Gasteiger partial charge in [-0.25, -0.2) is 9.59 Å². The topological polar surface area (TPSA) is 125 Å². The molecule has 1 amide bonds. The number of nitrogens with zero attached hydrogens (tertiary/aromatic N) is 1. The van der Waals surface area contributed by atoms with Crippen LogP contribution in [0.15, 0.2) is 53.2 Å². The number of nitrogens with one attached hydrogen (secondary N) is 1. The first-order valence-electron chi connectivity index (χ1n) is 9.60. The molecule has 11 heteroatoms. The fourth-order valence-electron chi connectivity index (χ4n) is 2.72. The molecule has 0 unspecified atom stereocenters. The molecule has 2 aromatic heterocycles. The van der Waals surface area contributed by atoms with E-state index in [0.29, 0.717) is 16.1 Å². The quantitative estimate of drug-likeness (QED) is 0.200. The van der Waals surface area contributed by atoms with Crippen LogP contribution in [-0.4, -0.2) is 36.0 Å². The van der Waals surface area contributed by atoms with Crippen molar-refractivity contribution in [2.45, 2.75) is 6.92 Å². The minimum absolute atomic E-state index is 0.111. The van der Waals surface area contributed by atoms with Gasteiger partial charge >= 0.3 is 11.9 Å². The lowest BCUT2D eigenvalue weighted by Crippen LogP contribution is -2.21. The number of nitro benzene ring substituents is 1. The van der Waals surface area contributed by atoms with Crippen molar-refractivity contribution < 1.29 is 28.8 Å². The molecule has 0 atom stereocenters. The Morgan fingerprint density at radius 1 is 1.15 bits per heavy atom. The predicted molar refractivity (Wildman–Crippen MR) is 125 cm³/mol. The highest BCUT2D eigenvalue weighted by Crippen LogP contribution is 2.38. The number of rotatable bonds is 9. The number of anilines is 1. The first kappa shape index (κ1) is 23.8. The number of esters is 2. The standard InChI is InChI=1S/C22H18N2O7S2/c1-2-30-22(27)20-16(17-7-4-10-32-17)13-33-21(20)23-18(25)12-31-19(26)9-8-14-5-3-6-15(11-14)24(28)29/h3-11,13H,2,12H2,1H3,(H,23,25)/b9-8+. The molecule has 1 N–H and O–H groups in total. The first-order chi connectivity index (χ1) is 15.9. The SMILES string of the molecule is CCOC(=O)c1c(-c2cccs2)csc1NC(=O)COC(=O)/C=C/c1cccc([N+](=O)[O-])c1. The Balaban J connectivity index is 1.63. The monoisotopic (exact) mass is 486 g/mol. The highest BCUT2D eigenvalue weighted by molar-refractivity contribution is 7.17. The molecule has 0 bridgehead atoms. The third-order valence-electron chi connectivity index (χ3n) is 4.15. The van der Waals surface area contributed by atoms with E-state index in [1.54, 1.807) is 18.4 Å². The number of non-ortho nitro benzene ring substituents is 1. The summed E-state index contributed by atoms with van der Waals surface area (Å²) in [4.78, 5) is 47.8. The summed E-state index contributed by atoms with van der Waals surface area (Å²) in [6.07, 6.45) is 2.41. The van der Waals surface area contributed by atoms with Gasteiger partial charge in [0.1, 0.15) is 10.6 Å². The molecular weight excluding hydrogens is 468 g/mol. The van der Waals surface area contributed by atoms with E-state index in [-0.39, 0.29) is 17.9 Å². The summed E-state index contributed by atoms with van der Waals surface area (Å²) in [5.74, 6) is -1.99. The maximum absolute atomic E-state index is 12.5. The minimum Gasteiger partial charge on any atom is -0.462 e. The van der Waals surface area contributed by atoms with Crippen LogP contribution in [0.25, 0.3) is 16.5 Å². The van der Waals surface area contributed by atoms with Gasteiger partial charge in [-0.3, -0.25) is 14.9 Å². The van der Waals surface area contributed by atoms with Crippen LogP contribution in [0.2, 0.25) is 0 Å². The molecule has 3 aromatic rings. The van der Waals surface area contributed by atoms with Gasteiger partial charge in [0.25, 0.3) is 11.6 Å². The second-order valence-electron chi connectivity index (χ2n) is 6.39. The maximum Gasteiger partial charge on any atom is 0.341 e. The molecule has 33 heavy (non-hydrogen) atoms. The molecule has 0 aliphatic heterocycles. The van der Waals surface area contributed by atoms with Crippen LogP contribution in [-0.2, 0) is 19.1 Å². The summed E-state index contributed by atoms with van der Waals surface area (Å²) < 4.78 is 10.0. The molecule has 0 aliphatic carbocycles. The molecule has 0 saturated heterocycles. The number of hydrogen-bond donors (Lipinski definition) is 1. The van der Waals surface area contributed by atoms with Crippen LogP contribution in [0.4, 0.5) is 10.7 Å². The summed E-state index contributed by atoms with van der Waals surface area (Å²) in [6.45, 7) is 1.29. The van der Waals surface area contributed by atoms with Crippen molar-refractivity contribution in [1.82, 2.24) is 0 Å². The van der Waals surface area contributed by atoms with Gasteiger partial charge in [0.15, 0.2) is 6.61 Å². The van der Waals surface area contributed by atoms with Gasteiger partial charge in [-0.2, -0.15) is 0 Å². The number of ether oxygens (including phenoxy) is 2. The highest BCUT2D eigenvalue weighted by Gasteiger charge is 2.23. The number of carbonyl (C=O) groups excluding carboxylic acids is 3. The lowest BCUT2D eigenvalue weighted by molar-refractivity contribution is -0.384. The van der Waals surface area contributed by atoms with Crippen LogP contribution in [0.3, 0.4) is 0 Å². The van der Waals surface area contributed by atoms with Gasteiger partial charge in [-0.15, -0.1) is 22.7 Å². The molecule has 0 spiro atoms. The molecule has 1 aromatic carbocycles. The van der Waals surface area contributed by atoms with Crippen LogP contribution >= 0.6 is 22.7 Å². The van der Waals surface area contributed by atoms with Crippen molar-refractivity contribution in [2.24, 2.45) is 0 Å². The minimum atomic E-state index is -0.798. The number of carbonyl (C=O) groups is 3. The van der Waals surface area contributed by atoms with E-state index < -0.39 is 29.4 Å². The van der Waals surface area contributed by atoms with E-state index in [1.807, 2.05) is 17.5 Å². The highest BCUT2D eigenvalue weighted by atomic mass is 32.1. The Kier molecular flexibility index (Phi) is 8.06. The zero-order valence-electron chi connectivity index (χ0n) is 17.3. The molecule has 9 nitrogen and oxygen atoms in total. The number of thiophene rings is 2. The molecule has 0 saturated carbocycles. The molecule has 2 heterocycles. The molecule has 3 rings (SSSR count). The van der Waals surface area contributed by atoms with Gasteiger partial charge in [-0.1, -0.05) is 18.2 Å². The Bertz CT molecular complexity index is 1200. The van der Waals surface area contributed by atoms with E-state index >= 15 is 0 Å². The molecule has 0 aliphatic rings. The summed E-state index contributed by atoms with van der Waals surface area (Å²) in [5.41, 5.74) is 1.22. The van der Waals surface area contributed by atoms with Gasteiger partial charge in [0.05, 0.1) is 11.5 Å². The van der Waals surface area contributed by atoms with Gasteiger partial charge in [0.2, 0.25) is 0 Å². The van der Waals surface area contributed by atoms with Crippen molar-refractivity contribution in [3.8, 4) is 10.4 Å². The molecule has 0 fully saturated rings. The third-order valence-corrected chi connectivity index (χ3v) is 5.95. The van der Waals surface area contributed by atoms with E-state index in [2.05, 4.69) is 5.32 Å². The largest absolute Gasteiger partial charge is 0.462 e. The lowest BCUT2D eigenvalue weighted by atomic mass is 10.1. The summed E-state index contributed by atoms with van der Waals surface area (Å²) in [6, 6.07) is 9.42. The normalized spacial score (nSPS) is 10.7. The van der Waals surface area contributed by atoms with Crippen LogP contribution < -0.4 is 5.32 Å². The fourth-order valence-corrected chi connectivity index (χ4v) is 4.51. The zero-order valence-corrected chi connectivity index (χ0v) is 18.9. The Morgan fingerprint density at radius 3 is 2.67 bits per heavy atom. The van der Waals surface area contributed by atoms with Gasteiger partial charge in [0, 0.05) is 34.0 Å². The second-order valence-corrected chi connectivity index (χ2v) is 8.22. The fraction of sp³-hybridized carbons (Fsp3) is 0.136. The van der Waals surface area contributed by atoms with Crippen molar-refractivity contribution >= 4 is 57.3 Å². The summed E-state index contributed by atoms with van der Waals surface area (Å²) in [5, 5.41) is 17.3. The van der Waals surface area contributed by atoms with E-state index in [9.17, 15) is 24.5 Å². The Labute approximate surface area is 196 Å². The summed E-state index contributed by atoms with van der Waals surface area (Å²) in [7, 11) is 0. The lowest BCUT2D eigenvalue weighted by Gasteiger charge is -2.08. The number of nitro groups is 1. The zero-order chi connectivity index (χ0) is 23.8. The average molecular weight is 487 g/mol. The average Bonchev–Trinajstić information content (AvgIpc) is 3.46. The Hall–Kier alpha value is -3.83. The number of hydrogen-bond acceptors (Lipinski definition) is 9. The van der Waals surface area contributed by atoms with E-state index in [0.717, 1.165) is 11.0 Å². The second kappa shape index (κ2) is 11.2. The van der Waals surface area contributed by atoms with Gasteiger partial charge < -0.3 is 14.8 Å². The van der Waals surface area contributed by atoms with Crippen molar-refractivity contribution in [1.29, 1.82) is 0 Å². The van der Waals surface area contributed by atoms with E-state index in [4.69, 9.17) is 9.47 Å². The smallest absolute Gasteiger partial charge is 0.341 e. The Morgan fingerprint density at radius 2 is 1.97 bits per heavy atom.